The van der Waals surface area contributed by atoms with Gasteiger partial charge >= 0.3 is 0 Å². The van der Waals surface area contributed by atoms with Gasteiger partial charge in [0.2, 0.25) is 0 Å². The monoisotopic (exact) mass is 208 g/mol. The van der Waals surface area contributed by atoms with Gasteiger partial charge in [0.1, 0.15) is 0 Å². The molecule has 0 radical (unpaired) electrons. The molecule has 0 amide bonds. The quantitative estimate of drug-likeness (QED) is 0.715. The first-order chi connectivity index (χ1) is 7.26. The second-order valence-electron chi connectivity index (χ2n) is 5.12. The molecule has 2 rings (SSSR count). The molecule has 0 aliphatic carbocycles. The molecule has 2 aliphatic rings. The zero-order chi connectivity index (χ0) is 10.8. The lowest BCUT2D eigenvalue weighted by atomic mass is 9.81. The Kier molecular flexibility index (Phi) is 3.47. The Morgan fingerprint density at radius 2 is 1.93 bits per heavy atom. The lowest BCUT2D eigenvalue weighted by Gasteiger charge is -2.51. The Hall–Kier alpha value is -0.340. The first-order valence-corrected chi connectivity index (χ1v) is 6.33. The van der Waals surface area contributed by atoms with E-state index in [1.807, 2.05) is 0 Å². The van der Waals surface area contributed by atoms with Crippen molar-refractivity contribution in [1.82, 2.24) is 10.2 Å². The van der Waals surface area contributed by atoms with Gasteiger partial charge in [0.05, 0.1) is 0 Å². The van der Waals surface area contributed by atoms with Gasteiger partial charge in [-0.1, -0.05) is 12.5 Å². The van der Waals surface area contributed by atoms with Gasteiger partial charge in [0, 0.05) is 24.2 Å². The van der Waals surface area contributed by atoms with Crippen LogP contribution < -0.4 is 5.32 Å². The Morgan fingerprint density at radius 3 is 2.40 bits per heavy atom. The van der Waals surface area contributed by atoms with Gasteiger partial charge in [-0.25, -0.2) is 0 Å². The van der Waals surface area contributed by atoms with Crippen LogP contribution >= 0.6 is 0 Å². The van der Waals surface area contributed by atoms with Gasteiger partial charge in [0.25, 0.3) is 0 Å². The average molecular weight is 208 g/mol. The van der Waals surface area contributed by atoms with Gasteiger partial charge in [-0.05, 0) is 39.7 Å². The number of nitrogens with one attached hydrogen (secondary N) is 1. The molecule has 0 aromatic rings. The first-order valence-electron chi connectivity index (χ1n) is 6.33. The third kappa shape index (κ3) is 2.11. The summed E-state index contributed by atoms with van der Waals surface area (Å²) in [6, 6.07) is 2.89. The summed E-state index contributed by atoms with van der Waals surface area (Å²) in [7, 11) is 2.10. The molecule has 2 fully saturated rings. The molecule has 0 aromatic heterocycles. The van der Waals surface area contributed by atoms with Crippen LogP contribution in [0.5, 0.6) is 0 Å². The predicted molar refractivity (Wildman–Crippen MR) is 65.0 cm³/mol. The minimum atomic E-state index is 0.554. The van der Waals surface area contributed by atoms with Crippen molar-refractivity contribution in [3.63, 3.8) is 0 Å². The van der Waals surface area contributed by atoms with E-state index in [0.29, 0.717) is 6.04 Å². The van der Waals surface area contributed by atoms with Crippen LogP contribution in [0.25, 0.3) is 0 Å². The minimum Gasteiger partial charge on any atom is -0.317 e. The lowest BCUT2D eigenvalue weighted by Crippen LogP contribution is -2.58. The molecule has 0 saturated carbocycles. The summed E-state index contributed by atoms with van der Waals surface area (Å²) >= 11 is 0. The van der Waals surface area contributed by atoms with E-state index in [-0.39, 0.29) is 0 Å². The number of hydrogen-bond donors (Lipinski definition) is 1. The Labute approximate surface area is 93.7 Å². The highest BCUT2D eigenvalue weighted by atomic mass is 15.2. The number of piperidine rings is 2. The van der Waals surface area contributed by atoms with E-state index in [9.17, 15) is 0 Å². The molecule has 2 heterocycles. The van der Waals surface area contributed by atoms with E-state index in [0.717, 1.165) is 18.1 Å². The summed E-state index contributed by atoms with van der Waals surface area (Å²) in [5.41, 5.74) is 0. The average Bonchev–Trinajstić information content (AvgIpc) is 2.26. The zero-order valence-corrected chi connectivity index (χ0v) is 10.1. The fourth-order valence-electron chi connectivity index (χ4n) is 3.44. The van der Waals surface area contributed by atoms with Gasteiger partial charge in [0.15, 0.2) is 0 Å². The normalized spacial score (nSPS) is 38.7. The summed E-state index contributed by atoms with van der Waals surface area (Å²) in [6.45, 7) is 6.23. The SMILES string of the molecule is C=CC(C)N1C2CCCC1CC(NC)C2. The maximum absolute atomic E-state index is 3.94. The van der Waals surface area contributed by atoms with Crippen LogP contribution in [0.4, 0.5) is 0 Å². The molecule has 1 N–H and O–H groups in total. The molecule has 2 heteroatoms. The smallest absolute Gasteiger partial charge is 0.0253 e. The summed E-state index contributed by atoms with van der Waals surface area (Å²) in [4.78, 5) is 2.71. The molecule has 3 atom stereocenters. The van der Waals surface area contributed by atoms with E-state index < -0.39 is 0 Å². The van der Waals surface area contributed by atoms with Crippen LogP contribution in [-0.2, 0) is 0 Å². The lowest BCUT2D eigenvalue weighted by molar-refractivity contribution is 0.00968. The number of nitrogens with zero attached hydrogens (tertiary/aromatic N) is 1. The highest BCUT2D eigenvalue weighted by Gasteiger charge is 2.39. The predicted octanol–water partition coefficient (Wildman–Crippen LogP) is 2.17. The first kappa shape index (κ1) is 11.2. The summed E-state index contributed by atoms with van der Waals surface area (Å²) in [5, 5.41) is 3.46. The maximum Gasteiger partial charge on any atom is 0.0253 e. The largest absolute Gasteiger partial charge is 0.317 e. The van der Waals surface area contributed by atoms with Crippen LogP contribution in [0.1, 0.15) is 39.0 Å². The van der Waals surface area contributed by atoms with Crippen molar-refractivity contribution >= 4 is 0 Å². The number of rotatable bonds is 3. The standard InChI is InChI=1S/C13H24N2/c1-4-10(2)15-12-6-5-7-13(15)9-11(8-12)14-3/h4,10-14H,1,5-9H2,2-3H3. The highest BCUT2D eigenvalue weighted by Crippen LogP contribution is 2.35. The highest BCUT2D eigenvalue weighted by molar-refractivity contribution is 5.00. The van der Waals surface area contributed by atoms with E-state index in [1.54, 1.807) is 0 Å². The summed E-state index contributed by atoms with van der Waals surface area (Å²) in [6.07, 6.45) is 8.94. The van der Waals surface area contributed by atoms with Crippen LogP contribution in [0.3, 0.4) is 0 Å². The molecule has 86 valence electrons. The summed E-state index contributed by atoms with van der Waals surface area (Å²) < 4.78 is 0. The topological polar surface area (TPSA) is 15.3 Å². The molecule has 2 nitrogen and oxygen atoms in total. The van der Waals surface area contributed by atoms with Crippen molar-refractivity contribution in [1.29, 1.82) is 0 Å². The Morgan fingerprint density at radius 1 is 1.33 bits per heavy atom. The van der Waals surface area contributed by atoms with Gasteiger partial charge in [-0.2, -0.15) is 0 Å². The number of fused-ring (bicyclic) bond motifs is 2. The van der Waals surface area contributed by atoms with Crippen molar-refractivity contribution in [3.05, 3.63) is 12.7 Å². The Bertz CT molecular complexity index is 213. The molecular weight excluding hydrogens is 184 g/mol. The minimum absolute atomic E-state index is 0.554. The van der Waals surface area contributed by atoms with Crippen molar-refractivity contribution in [2.24, 2.45) is 0 Å². The fourth-order valence-corrected chi connectivity index (χ4v) is 3.44. The zero-order valence-electron chi connectivity index (χ0n) is 10.1. The van der Waals surface area contributed by atoms with Crippen LogP contribution in [0.15, 0.2) is 12.7 Å². The molecule has 0 spiro atoms. The maximum atomic E-state index is 3.94. The summed E-state index contributed by atoms with van der Waals surface area (Å²) in [5.74, 6) is 0. The van der Waals surface area contributed by atoms with Gasteiger partial charge in [-0.3, -0.25) is 4.90 Å². The van der Waals surface area contributed by atoms with E-state index in [4.69, 9.17) is 0 Å². The third-order valence-electron chi connectivity index (χ3n) is 4.25. The number of hydrogen-bond acceptors (Lipinski definition) is 2. The Balaban J connectivity index is 2.09. The fraction of sp³-hybridized carbons (Fsp3) is 0.846. The van der Waals surface area contributed by atoms with Crippen LogP contribution in [0, 0.1) is 0 Å². The van der Waals surface area contributed by atoms with Crippen LogP contribution in [0.2, 0.25) is 0 Å². The molecule has 2 bridgehead atoms. The van der Waals surface area contributed by atoms with E-state index >= 15 is 0 Å². The molecule has 2 aliphatic heterocycles. The van der Waals surface area contributed by atoms with Crippen LogP contribution in [-0.4, -0.2) is 36.1 Å². The molecule has 15 heavy (non-hydrogen) atoms. The molecule has 0 aromatic carbocycles. The van der Waals surface area contributed by atoms with Gasteiger partial charge in [-0.15, -0.1) is 6.58 Å². The molecule has 3 unspecified atom stereocenters. The molecular formula is C13H24N2. The second kappa shape index (κ2) is 4.67. The van der Waals surface area contributed by atoms with E-state index in [1.165, 1.54) is 32.1 Å². The van der Waals surface area contributed by atoms with Crippen molar-refractivity contribution in [3.8, 4) is 0 Å². The molecule has 2 saturated heterocycles. The van der Waals surface area contributed by atoms with Crippen molar-refractivity contribution in [2.75, 3.05) is 7.05 Å². The van der Waals surface area contributed by atoms with Gasteiger partial charge < -0.3 is 5.32 Å². The van der Waals surface area contributed by atoms with Crippen molar-refractivity contribution < 1.29 is 0 Å². The van der Waals surface area contributed by atoms with E-state index in [2.05, 4.69) is 36.8 Å². The second-order valence-corrected chi connectivity index (χ2v) is 5.12. The third-order valence-corrected chi connectivity index (χ3v) is 4.25. The van der Waals surface area contributed by atoms with Crippen molar-refractivity contribution in [2.45, 2.75) is 63.2 Å².